The summed E-state index contributed by atoms with van der Waals surface area (Å²) in [4.78, 5) is 3.94. The molecule has 0 bridgehead atoms. The van der Waals surface area contributed by atoms with Gasteiger partial charge in [-0.3, -0.25) is 0 Å². The fourth-order valence-electron chi connectivity index (χ4n) is 1.60. The number of hydrogen-bond donors (Lipinski definition) is 1. The van der Waals surface area contributed by atoms with Crippen LogP contribution in [0.2, 0.25) is 0 Å². The Morgan fingerprint density at radius 1 is 1.11 bits per heavy atom. The van der Waals surface area contributed by atoms with Crippen LogP contribution >= 0.6 is 15.9 Å². The summed E-state index contributed by atoms with van der Waals surface area (Å²) < 4.78 is 1.08. The summed E-state index contributed by atoms with van der Waals surface area (Å²) in [6.07, 6.45) is 1.66. The molecule has 18 heavy (non-hydrogen) atoms. The average Bonchev–Trinajstić information content (AvgIpc) is 2.41. The molecule has 0 aliphatic carbocycles. The highest BCUT2D eigenvalue weighted by Gasteiger charge is 1.97. The summed E-state index contributed by atoms with van der Waals surface area (Å²) in [5, 5.41) is 12.1. The summed E-state index contributed by atoms with van der Waals surface area (Å²) >= 11 is 3.41. The number of pyridine rings is 1. The van der Waals surface area contributed by atoms with Crippen LogP contribution in [-0.4, -0.2) is 4.98 Å². The molecule has 1 heterocycles. The van der Waals surface area contributed by atoms with E-state index in [1.165, 1.54) is 5.56 Å². The number of nitrogens with one attached hydrogen (secondary N) is 1. The average molecular weight is 302 g/mol. The lowest BCUT2D eigenvalue weighted by atomic mass is 10.2. The Morgan fingerprint density at radius 2 is 1.83 bits per heavy atom. The Balaban J connectivity index is 1.88. The summed E-state index contributed by atoms with van der Waals surface area (Å²) in [6.45, 7) is 1.53. The number of halogens is 1. The van der Waals surface area contributed by atoms with Crippen LogP contribution in [0.5, 0.6) is 0 Å². The highest BCUT2D eigenvalue weighted by Crippen LogP contribution is 2.10. The predicted octanol–water partition coefficient (Wildman–Crippen LogP) is 3.01. The summed E-state index contributed by atoms with van der Waals surface area (Å²) in [5.74, 6) is 0. The lowest BCUT2D eigenvalue weighted by Gasteiger charge is -2.05. The molecule has 0 fully saturated rings. The van der Waals surface area contributed by atoms with E-state index >= 15 is 0 Å². The van der Waals surface area contributed by atoms with E-state index < -0.39 is 0 Å². The van der Waals surface area contributed by atoms with E-state index in [9.17, 15) is 0 Å². The fraction of sp³-hybridized carbons (Fsp3) is 0.143. The molecule has 0 saturated carbocycles. The minimum Gasteiger partial charge on any atom is -0.309 e. The van der Waals surface area contributed by atoms with Gasteiger partial charge >= 0.3 is 0 Å². The van der Waals surface area contributed by atoms with Gasteiger partial charge in [0.25, 0.3) is 0 Å². The molecule has 0 atom stereocenters. The van der Waals surface area contributed by atoms with Crippen molar-refractivity contribution in [1.29, 1.82) is 5.26 Å². The van der Waals surface area contributed by atoms with Gasteiger partial charge < -0.3 is 5.32 Å². The largest absolute Gasteiger partial charge is 0.309 e. The van der Waals surface area contributed by atoms with Crippen LogP contribution < -0.4 is 5.32 Å². The van der Waals surface area contributed by atoms with Crippen LogP contribution in [0.4, 0.5) is 0 Å². The SMILES string of the molecule is N#Cc1cc(CNCc2ccc(Br)cc2)ccn1. The van der Waals surface area contributed by atoms with Gasteiger partial charge in [0, 0.05) is 23.8 Å². The second-order valence-electron chi connectivity index (χ2n) is 3.89. The van der Waals surface area contributed by atoms with E-state index in [4.69, 9.17) is 5.26 Å². The van der Waals surface area contributed by atoms with Crippen molar-refractivity contribution in [3.05, 3.63) is 63.9 Å². The van der Waals surface area contributed by atoms with Crippen LogP contribution in [0, 0.1) is 11.3 Å². The maximum absolute atomic E-state index is 8.75. The highest BCUT2D eigenvalue weighted by atomic mass is 79.9. The molecule has 2 aromatic rings. The van der Waals surface area contributed by atoms with E-state index in [2.05, 4.69) is 38.4 Å². The zero-order valence-corrected chi connectivity index (χ0v) is 11.3. The first-order valence-corrected chi connectivity index (χ1v) is 6.37. The van der Waals surface area contributed by atoms with Gasteiger partial charge in [0.05, 0.1) is 0 Å². The van der Waals surface area contributed by atoms with Crippen LogP contribution in [0.1, 0.15) is 16.8 Å². The Hall–Kier alpha value is -1.70. The van der Waals surface area contributed by atoms with Gasteiger partial charge in [-0.25, -0.2) is 4.98 Å². The molecule has 1 aromatic carbocycles. The van der Waals surface area contributed by atoms with Crippen LogP contribution in [0.15, 0.2) is 47.1 Å². The zero-order chi connectivity index (χ0) is 12.8. The maximum Gasteiger partial charge on any atom is 0.140 e. The Bertz CT molecular complexity index is 558. The number of nitrogens with zero attached hydrogens (tertiary/aromatic N) is 2. The Kier molecular flexibility index (Phi) is 4.46. The number of rotatable bonds is 4. The van der Waals surface area contributed by atoms with Gasteiger partial charge in [-0.2, -0.15) is 5.26 Å². The number of hydrogen-bond acceptors (Lipinski definition) is 3. The summed E-state index contributed by atoms with van der Waals surface area (Å²) in [7, 11) is 0. The molecule has 0 spiro atoms. The molecule has 1 aromatic heterocycles. The summed E-state index contributed by atoms with van der Waals surface area (Å²) in [5.41, 5.74) is 2.75. The molecule has 90 valence electrons. The van der Waals surface area contributed by atoms with E-state index in [0.29, 0.717) is 5.69 Å². The lowest BCUT2D eigenvalue weighted by Crippen LogP contribution is -2.12. The molecule has 1 N–H and O–H groups in total. The van der Waals surface area contributed by atoms with E-state index in [0.717, 1.165) is 23.1 Å². The van der Waals surface area contributed by atoms with Crippen molar-refractivity contribution in [2.75, 3.05) is 0 Å². The normalized spacial score (nSPS) is 10.0. The lowest BCUT2D eigenvalue weighted by molar-refractivity contribution is 0.692. The van der Waals surface area contributed by atoms with Crippen LogP contribution in [0.3, 0.4) is 0 Å². The molecule has 4 heteroatoms. The highest BCUT2D eigenvalue weighted by molar-refractivity contribution is 9.10. The minimum atomic E-state index is 0.456. The van der Waals surface area contributed by atoms with E-state index in [-0.39, 0.29) is 0 Å². The molecule has 0 aliphatic rings. The molecule has 0 unspecified atom stereocenters. The Labute approximate surface area is 115 Å². The van der Waals surface area contributed by atoms with Gasteiger partial charge in [-0.15, -0.1) is 0 Å². The molecule has 0 radical (unpaired) electrons. The second-order valence-corrected chi connectivity index (χ2v) is 4.81. The van der Waals surface area contributed by atoms with Gasteiger partial charge in [0.15, 0.2) is 0 Å². The first kappa shape index (κ1) is 12.7. The Morgan fingerprint density at radius 3 is 2.56 bits per heavy atom. The number of benzene rings is 1. The second kappa shape index (κ2) is 6.29. The van der Waals surface area contributed by atoms with Crippen molar-refractivity contribution >= 4 is 15.9 Å². The zero-order valence-electron chi connectivity index (χ0n) is 9.73. The van der Waals surface area contributed by atoms with Crippen molar-refractivity contribution in [3.8, 4) is 6.07 Å². The van der Waals surface area contributed by atoms with E-state index in [1.807, 2.05) is 24.3 Å². The quantitative estimate of drug-likeness (QED) is 0.944. The topological polar surface area (TPSA) is 48.7 Å². The molecule has 0 aliphatic heterocycles. The molecular weight excluding hydrogens is 290 g/mol. The van der Waals surface area contributed by atoms with Gasteiger partial charge in [-0.05, 0) is 35.4 Å². The van der Waals surface area contributed by atoms with Gasteiger partial charge in [0.1, 0.15) is 11.8 Å². The molecule has 3 nitrogen and oxygen atoms in total. The first-order valence-electron chi connectivity index (χ1n) is 5.58. The maximum atomic E-state index is 8.75. The van der Waals surface area contributed by atoms with Crippen molar-refractivity contribution < 1.29 is 0 Å². The number of aromatic nitrogens is 1. The minimum absolute atomic E-state index is 0.456. The monoisotopic (exact) mass is 301 g/mol. The molecule has 2 rings (SSSR count). The van der Waals surface area contributed by atoms with Crippen molar-refractivity contribution in [1.82, 2.24) is 10.3 Å². The smallest absolute Gasteiger partial charge is 0.140 e. The first-order chi connectivity index (χ1) is 8.78. The van der Waals surface area contributed by atoms with Gasteiger partial charge in [-0.1, -0.05) is 28.1 Å². The third kappa shape index (κ3) is 3.66. The van der Waals surface area contributed by atoms with E-state index in [1.54, 1.807) is 12.3 Å². The van der Waals surface area contributed by atoms with Crippen LogP contribution in [0.25, 0.3) is 0 Å². The number of nitriles is 1. The standard InChI is InChI=1S/C14H12BrN3/c15-13-3-1-11(2-4-13)9-17-10-12-5-6-18-14(7-12)8-16/h1-7,17H,9-10H2. The van der Waals surface area contributed by atoms with Crippen molar-refractivity contribution in [2.24, 2.45) is 0 Å². The predicted molar refractivity (Wildman–Crippen MR) is 73.6 cm³/mol. The third-order valence-electron chi connectivity index (χ3n) is 2.51. The van der Waals surface area contributed by atoms with Crippen molar-refractivity contribution in [2.45, 2.75) is 13.1 Å². The van der Waals surface area contributed by atoms with Gasteiger partial charge in [0.2, 0.25) is 0 Å². The van der Waals surface area contributed by atoms with Crippen molar-refractivity contribution in [3.63, 3.8) is 0 Å². The molecule has 0 saturated heterocycles. The molecule has 0 amide bonds. The third-order valence-corrected chi connectivity index (χ3v) is 3.04. The molecular formula is C14H12BrN3. The summed E-state index contributed by atoms with van der Waals surface area (Å²) in [6, 6.07) is 13.9. The van der Waals surface area contributed by atoms with Crippen LogP contribution in [-0.2, 0) is 13.1 Å². The fourth-order valence-corrected chi connectivity index (χ4v) is 1.86.